The smallest absolute Gasteiger partial charge is 0.241 e. The number of nitrogens with one attached hydrogen (secondary N) is 1. The Bertz CT molecular complexity index is 405. The molecule has 0 aromatic carbocycles. The summed E-state index contributed by atoms with van der Waals surface area (Å²) in [5.74, 6) is 1.04. The van der Waals surface area contributed by atoms with Gasteiger partial charge in [-0.2, -0.15) is 4.98 Å². The van der Waals surface area contributed by atoms with Crippen LogP contribution in [-0.2, 0) is 4.79 Å². The number of hydrogen-bond donors (Lipinski definition) is 1. The first-order valence-corrected chi connectivity index (χ1v) is 6.27. The minimum Gasteiger partial charge on any atom is -0.478 e. The average molecular weight is 250 g/mol. The van der Waals surface area contributed by atoms with Crippen LogP contribution < -0.4 is 10.1 Å². The Hall–Kier alpha value is -1.85. The first-order chi connectivity index (χ1) is 8.79. The van der Waals surface area contributed by atoms with Gasteiger partial charge in [0.1, 0.15) is 0 Å². The van der Waals surface area contributed by atoms with E-state index in [9.17, 15) is 4.79 Å². The summed E-state index contributed by atoms with van der Waals surface area (Å²) in [7, 11) is 0. The van der Waals surface area contributed by atoms with Crippen molar-refractivity contribution in [3.8, 4) is 5.88 Å². The minimum atomic E-state index is 0.0953. The molecule has 0 radical (unpaired) electrons. The molecule has 98 valence electrons. The Kier molecular flexibility index (Phi) is 4.33. The molecule has 6 heteroatoms. The molecule has 0 atom stereocenters. The van der Waals surface area contributed by atoms with Crippen molar-refractivity contribution in [2.24, 2.45) is 0 Å². The molecule has 1 aromatic heterocycles. The Morgan fingerprint density at radius 3 is 3.00 bits per heavy atom. The van der Waals surface area contributed by atoms with E-state index in [2.05, 4.69) is 15.3 Å². The largest absolute Gasteiger partial charge is 0.478 e. The zero-order chi connectivity index (χ0) is 12.8. The number of anilines is 1. The predicted octanol–water partition coefficient (Wildman–Crippen LogP) is 0.910. The van der Waals surface area contributed by atoms with Gasteiger partial charge in [0, 0.05) is 25.4 Å². The summed E-state index contributed by atoms with van der Waals surface area (Å²) >= 11 is 0. The molecular formula is C12H18N4O2. The van der Waals surface area contributed by atoms with Crippen LogP contribution in [0.3, 0.4) is 0 Å². The summed E-state index contributed by atoms with van der Waals surface area (Å²) < 4.78 is 5.27. The molecule has 0 saturated carbocycles. The van der Waals surface area contributed by atoms with Crippen LogP contribution in [-0.4, -0.2) is 47.0 Å². The maximum Gasteiger partial charge on any atom is 0.241 e. The van der Waals surface area contributed by atoms with Gasteiger partial charge in [-0.15, -0.1) is 0 Å². The summed E-state index contributed by atoms with van der Waals surface area (Å²) in [4.78, 5) is 21.9. The third kappa shape index (κ3) is 3.32. The molecule has 18 heavy (non-hydrogen) atoms. The van der Waals surface area contributed by atoms with Crippen LogP contribution >= 0.6 is 0 Å². The number of carbonyl (C=O) groups is 1. The second-order valence-electron chi connectivity index (χ2n) is 4.09. The summed E-state index contributed by atoms with van der Waals surface area (Å²) in [5.41, 5.74) is 0. The molecule has 1 amide bonds. The fourth-order valence-electron chi connectivity index (χ4n) is 1.89. The molecule has 6 nitrogen and oxygen atoms in total. The summed E-state index contributed by atoms with van der Waals surface area (Å²) in [6.45, 7) is 4.41. The number of likely N-dealkylation sites (tertiary alicyclic amines) is 1. The fourth-order valence-corrected chi connectivity index (χ4v) is 1.89. The van der Waals surface area contributed by atoms with Crippen LogP contribution in [0.15, 0.2) is 12.3 Å². The third-order valence-corrected chi connectivity index (χ3v) is 2.78. The number of hydrogen-bond acceptors (Lipinski definition) is 5. The van der Waals surface area contributed by atoms with Crippen LogP contribution in [0.1, 0.15) is 19.8 Å². The number of ether oxygens (including phenoxy) is 1. The molecule has 1 aliphatic heterocycles. The molecular weight excluding hydrogens is 232 g/mol. The van der Waals surface area contributed by atoms with Crippen LogP contribution in [0.4, 0.5) is 5.95 Å². The van der Waals surface area contributed by atoms with Crippen molar-refractivity contribution in [3.63, 3.8) is 0 Å². The lowest BCUT2D eigenvalue weighted by Gasteiger charge is -2.15. The van der Waals surface area contributed by atoms with Gasteiger partial charge < -0.3 is 15.0 Å². The third-order valence-electron chi connectivity index (χ3n) is 2.78. The minimum absolute atomic E-state index is 0.0953. The van der Waals surface area contributed by atoms with E-state index in [0.717, 1.165) is 25.9 Å². The second-order valence-corrected chi connectivity index (χ2v) is 4.09. The van der Waals surface area contributed by atoms with E-state index >= 15 is 0 Å². The Balaban J connectivity index is 1.85. The highest BCUT2D eigenvalue weighted by molar-refractivity contribution is 5.80. The molecule has 1 aliphatic rings. The molecule has 0 spiro atoms. The predicted molar refractivity (Wildman–Crippen MR) is 67.5 cm³/mol. The number of amides is 1. The van der Waals surface area contributed by atoms with Gasteiger partial charge in [-0.25, -0.2) is 4.98 Å². The SMILES string of the molecule is CCOc1ccnc(NCC(=O)N2CCCC2)n1. The van der Waals surface area contributed by atoms with Gasteiger partial charge in [0.2, 0.25) is 17.7 Å². The Labute approximate surface area is 106 Å². The van der Waals surface area contributed by atoms with Gasteiger partial charge in [0.05, 0.1) is 13.2 Å². The van der Waals surface area contributed by atoms with E-state index in [-0.39, 0.29) is 12.5 Å². The molecule has 1 N–H and O–H groups in total. The molecule has 2 heterocycles. The number of carbonyl (C=O) groups excluding carboxylic acids is 1. The highest BCUT2D eigenvalue weighted by Gasteiger charge is 2.17. The standard InChI is InChI=1S/C12H18N4O2/c1-2-18-10-5-6-13-12(15-10)14-9-11(17)16-7-3-4-8-16/h5-6H,2-4,7-9H2,1H3,(H,13,14,15). The number of rotatable bonds is 5. The van der Waals surface area contributed by atoms with Gasteiger partial charge in [-0.05, 0) is 19.8 Å². The quantitative estimate of drug-likeness (QED) is 0.841. The molecule has 0 aliphatic carbocycles. The topological polar surface area (TPSA) is 67.3 Å². The molecule has 0 bridgehead atoms. The highest BCUT2D eigenvalue weighted by atomic mass is 16.5. The fraction of sp³-hybridized carbons (Fsp3) is 0.583. The van der Waals surface area contributed by atoms with Crippen molar-refractivity contribution in [2.45, 2.75) is 19.8 Å². The maximum atomic E-state index is 11.8. The van der Waals surface area contributed by atoms with E-state index in [1.54, 1.807) is 12.3 Å². The first kappa shape index (κ1) is 12.6. The average Bonchev–Trinajstić information content (AvgIpc) is 2.91. The molecule has 0 unspecified atom stereocenters. The van der Waals surface area contributed by atoms with Crippen LogP contribution in [0.25, 0.3) is 0 Å². The lowest BCUT2D eigenvalue weighted by molar-refractivity contribution is -0.128. The van der Waals surface area contributed by atoms with Gasteiger partial charge in [-0.3, -0.25) is 4.79 Å². The van der Waals surface area contributed by atoms with Crippen molar-refractivity contribution >= 4 is 11.9 Å². The maximum absolute atomic E-state index is 11.8. The van der Waals surface area contributed by atoms with E-state index in [1.807, 2.05) is 11.8 Å². The molecule has 1 fully saturated rings. The van der Waals surface area contributed by atoms with E-state index < -0.39 is 0 Å². The summed E-state index contributed by atoms with van der Waals surface area (Å²) in [5, 5.41) is 2.93. The monoisotopic (exact) mass is 250 g/mol. The van der Waals surface area contributed by atoms with Crippen LogP contribution in [0.2, 0.25) is 0 Å². The lowest BCUT2D eigenvalue weighted by Crippen LogP contribution is -2.33. The Morgan fingerprint density at radius 1 is 1.50 bits per heavy atom. The highest BCUT2D eigenvalue weighted by Crippen LogP contribution is 2.09. The van der Waals surface area contributed by atoms with Crippen molar-refractivity contribution in [3.05, 3.63) is 12.3 Å². The first-order valence-electron chi connectivity index (χ1n) is 6.27. The van der Waals surface area contributed by atoms with Gasteiger partial charge in [0.25, 0.3) is 0 Å². The van der Waals surface area contributed by atoms with Crippen molar-refractivity contribution in [1.29, 1.82) is 0 Å². The zero-order valence-electron chi connectivity index (χ0n) is 10.6. The lowest BCUT2D eigenvalue weighted by atomic mass is 10.4. The van der Waals surface area contributed by atoms with Crippen LogP contribution in [0, 0.1) is 0 Å². The van der Waals surface area contributed by atoms with Gasteiger partial charge >= 0.3 is 0 Å². The number of aromatic nitrogens is 2. The van der Waals surface area contributed by atoms with Crippen molar-refractivity contribution < 1.29 is 9.53 Å². The summed E-state index contributed by atoms with van der Waals surface area (Å²) in [6, 6.07) is 1.69. The zero-order valence-corrected chi connectivity index (χ0v) is 10.6. The molecule has 1 aromatic rings. The Morgan fingerprint density at radius 2 is 2.28 bits per heavy atom. The number of nitrogens with zero attached hydrogens (tertiary/aromatic N) is 3. The van der Waals surface area contributed by atoms with E-state index in [0.29, 0.717) is 18.4 Å². The molecule has 2 rings (SSSR count). The van der Waals surface area contributed by atoms with Crippen molar-refractivity contribution in [1.82, 2.24) is 14.9 Å². The van der Waals surface area contributed by atoms with Crippen molar-refractivity contribution in [2.75, 3.05) is 31.6 Å². The van der Waals surface area contributed by atoms with Crippen LogP contribution in [0.5, 0.6) is 5.88 Å². The van der Waals surface area contributed by atoms with E-state index in [4.69, 9.17) is 4.74 Å². The van der Waals surface area contributed by atoms with Gasteiger partial charge in [-0.1, -0.05) is 0 Å². The second kappa shape index (κ2) is 6.18. The molecule has 1 saturated heterocycles. The van der Waals surface area contributed by atoms with E-state index in [1.165, 1.54) is 0 Å². The summed E-state index contributed by atoms with van der Waals surface area (Å²) in [6.07, 6.45) is 3.81. The normalized spacial score (nSPS) is 14.6. The van der Waals surface area contributed by atoms with Gasteiger partial charge in [0.15, 0.2) is 0 Å².